The molecular formula is C18H12I2O2. The maximum atomic E-state index is 13.1. The molecule has 1 saturated heterocycles. The fourth-order valence-corrected chi connectivity index (χ4v) is 6.43. The smallest absolute Gasteiger partial charge is 0.169 e. The van der Waals surface area contributed by atoms with E-state index in [0.29, 0.717) is 5.92 Å². The van der Waals surface area contributed by atoms with E-state index in [1.54, 1.807) is 0 Å². The maximum Gasteiger partial charge on any atom is 0.169 e. The zero-order valence-corrected chi connectivity index (χ0v) is 15.9. The van der Waals surface area contributed by atoms with Gasteiger partial charge in [-0.25, -0.2) is 0 Å². The van der Waals surface area contributed by atoms with Crippen LogP contribution >= 0.6 is 45.2 Å². The number of hydrogen-bond donors (Lipinski definition) is 0. The van der Waals surface area contributed by atoms with Crippen molar-refractivity contribution in [2.45, 2.75) is 18.6 Å². The summed E-state index contributed by atoms with van der Waals surface area (Å²) in [4.78, 5) is 13.1. The van der Waals surface area contributed by atoms with Crippen molar-refractivity contribution in [1.29, 1.82) is 0 Å². The van der Waals surface area contributed by atoms with Gasteiger partial charge in [-0.05, 0) is 80.4 Å². The quantitative estimate of drug-likeness (QED) is 0.478. The van der Waals surface area contributed by atoms with Crippen molar-refractivity contribution in [1.82, 2.24) is 0 Å². The van der Waals surface area contributed by atoms with Gasteiger partial charge in [0, 0.05) is 18.6 Å². The molecule has 110 valence electrons. The first kappa shape index (κ1) is 13.9. The number of benzene rings is 2. The molecule has 1 fully saturated rings. The predicted octanol–water partition coefficient (Wildman–Crippen LogP) is 4.69. The third-order valence-electron chi connectivity index (χ3n) is 5.25. The number of carbonyl (C=O) groups excluding carboxylic acids is 1. The van der Waals surface area contributed by atoms with Gasteiger partial charge in [0.05, 0.1) is 18.1 Å². The Balaban J connectivity index is 1.68. The Bertz CT molecular complexity index is 830. The molecule has 2 aromatic rings. The second-order valence-corrected chi connectivity index (χ2v) is 8.69. The van der Waals surface area contributed by atoms with Crippen LogP contribution in [0.2, 0.25) is 0 Å². The first-order chi connectivity index (χ1) is 10.6. The molecule has 0 N–H and O–H groups in total. The molecule has 22 heavy (non-hydrogen) atoms. The first-order valence-electron chi connectivity index (χ1n) is 7.41. The van der Waals surface area contributed by atoms with E-state index in [2.05, 4.69) is 75.5 Å². The third kappa shape index (κ3) is 1.72. The van der Waals surface area contributed by atoms with Gasteiger partial charge >= 0.3 is 0 Å². The fraction of sp³-hybridized carbons (Fsp3) is 0.278. The molecule has 2 aromatic carbocycles. The van der Waals surface area contributed by atoms with Crippen LogP contribution in [0, 0.1) is 19.0 Å². The highest BCUT2D eigenvalue weighted by Gasteiger charge is 2.57. The Morgan fingerprint density at radius 3 is 2.55 bits per heavy atom. The molecule has 0 saturated carbocycles. The Kier molecular flexibility index (Phi) is 3.02. The minimum absolute atomic E-state index is 0.00130. The van der Waals surface area contributed by atoms with Crippen LogP contribution in [0.15, 0.2) is 36.4 Å². The lowest BCUT2D eigenvalue weighted by Crippen LogP contribution is -2.35. The van der Waals surface area contributed by atoms with Crippen molar-refractivity contribution < 1.29 is 9.53 Å². The molecule has 2 nitrogen and oxygen atoms in total. The van der Waals surface area contributed by atoms with Crippen LogP contribution in [-0.4, -0.2) is 5.78 Å². The third-order valence-corrected chi connectivity index (χ3v) is 6.83. The van der Waals surface area contributed by atoms with Crippen LogP contribution in [0.1, 0.15) is 39.3 Å². The van der Waals surface area contributed by atoms with Gasteiger partial charge in [0.25, 0.3) is 0 Å². The van der Waals surface area contributed by atoms with Gasteiger partial charge in [0.2, 0.25) is 0 Å². The van der Waals surface area contributed by atoms with E-state index >= 15 is 0 Å². The highest BCUT2D eigenvalue weighted by Crippen LogP contribution is 2.60. The molecule has 0 amide bonds. The van der Waals surface area contributed by atoms with E-state index in [-0.39, 0.29) is 23.9 Å². The van der Waals surface area contributed by atoms with Gasteiger partial charge in [-0.3, -0.25) is 4.79 Å². The van der Waals surface area contributed by atoms with E-state index in [1.165, 1.54) is 20.3 Å². The van der Waals surface area contributed by atoms with Crippen LogP contribution in [-0.2, 0) is 11.2 Å². The second kappa shape index (κ2) is 4.77. The molecule has 2 aliphatic heterocycles. The minimum Gasteiger partial charge on any atom is -0.364 e. The summed E-state index contributed by atoms with van der Waals surface area (Å²) in [7, 11) is 0. The summed E-state index contributed by atoms with van der Waals surface area (Å²) in [6.07, 6.45) is 1.01. The van der Waals surface area contributed by atoms with Crippen LogP contribution < -0.4 is 0 Å². The minimum atomic E-state index is -0.0395. The number of rotatable bonds is 0. The number of carbonyl (C=O) groups is 1. The van der Waals surface area contributed by atoms with Gasteiger partial charge < -0.3 is 4.74 Å². The molecule has 4 unspecified atom stereocenters. The summed E-state index contributed by atoms with van der Waals surface area (Å²) in [5, 5.41) is 0. The lowest BCUT2D eigenvalue weighted by Gasteiger charge is -2.34. The van der Waals surface area contributed by atoms with Gasteiger partial charge in [0.1, 0.15) is 0 Å². The summed E-state index contributed by atoms with van der Waals surface area (Å²) < 4.78 is 8.58. The summed E-state index contributed by atoms with van der Waals surface area (Å²) in [5.74, 6) is 0.583. The molecule has 0 radical (unpaired) electrons. The zero-order chi connectivity index (χ0) is 15.0. The van der Waals surface area contributed by atoms with Crippen molar-refractivity contribution >= 4 is 51.0 Å². The maximum absolute atomic E-state index is 13.1. The Hall–Kier alpha value is -0.470. The molecule has 2 heterocycles. The Morgan fingerprint density at radius 2 is 1.77 bits per heavy atom. The van der Waals surface area contributed by atoms with Crippen LogP contribution in [0.5, 0.6) is 0 Å². The van der Waals surface area contributed by atoms with Crippen LogP contribution in [0.25, 0.3) is 0 Å². The number of fused-ring (bicyclic) bond motifs is 9. The summed E-state index contributed by atoms with van der Waals surface area (Å²) in [6.45, 7) is 0. The van der Waals surface area contributed by atoms with E-state index < -0.39 is 0 Å². The topological polar surface area (TPSA) is 26.3 Å². The number of ketones is 1. The number of Topliss-reactive ketones (excluding diaryl/α,β-unsaturated/α-hetero) is 1. The number of ether oxygens (including phenoxy) is 1. The SMILES string of the molecule is O=C1c2cc(I)cc(I)c2CC2C3OC(c4ccccc43)C12. The molecule has 4 atom stereocenters. The van der Waals surface area contributed by atoms with Gasteiger partial charge in [-0.2, -0.15) is 0 Å². The van der Waals surface area contributed by atoms with E-state index in [4.69, 9.17) is 4.74 Å². The highest BCUT2D eigenvalue weighted by molar-refractivity contribution is 14.1. The Morgan fingerprint density at radius 1 is 1.05 bits per heavy atom. The van der Waals surface area contributed by atoms with E-state index in [9.17, 15) is 4.79 Å². The summed E-state index contributed by atoms with van der Waals surface area (Å²) in [5.41, 5.74) is 4.67. The molecule has 5 rings (SSSR count). The van der Waals surface area contributed by atoms with E-state index in [1.807, 2.05) is 6.07 Å². The predicted molar refractivity (Wildman–Crippen MR) is 99.9 cm³/mol. The average Bonchev–Trinajstić information content (AvgIpc) is 3.06. The summed E-state index contributed by atoms with van der Waals surface area (Å²) >= 11 is 4.66. The lowest BCUT2D eigenvalue weighted by molar-refractivity contribution is 0.0522. The van der Waals surface area contributed by atoms with Gasteiger partial charge in [-0.1, -0.05) is 24.3 Å². The van der Waals surface area contributed by atoms with Crippen LogP contribution in [0.4, 0.5) is 0 Å². The standard InChI is InChI=1S/C18H12I2O2/c19-8-5-12-11(14(20)6-8)7-13-15(16(12)21)18-10-4-2-1-3-9(10)17(13)22-18/h1-6,13,15,17-18H,7H2. The summed E-state index contributed by atoms with van der Waals surface area (Å²) in [6, 6.07) is 12.6. The Labute approximate surface area is 155 Å². The fourth-order valence-electron chi connectivity index (χ4n) is 4.37. The van der Waals surface area contributed by atoms with Gasteiger partial charge in [0.15, 0.2) is 5.78 Å². The monoisotopic (exact) mass is 514 g/mol. The first-order valence-corrected chi connectivity index (χ1v) is 9.57. The highest BCUT2D eigenvalue weighted by atomic mass is 127. The molecule has 0 spiro atoms. The van der Waals surface area contributed by atoms with Crippen molar-refractivity contribution in [3.8, 4) is 0 Å². The van der Waals surface area contributed by atoms with Crippen molar-refractivity contribution in [2.24, 2.45) is 11.8 Å². The van der Waals surface area contributed by atoms with Gasteiger partial charge in [-0.15, -0.1) is 0 Å². The van der Waals surface area contributed by atoms with Crippen molar-refractivity contribution in [2.75, 3.05) is 0 Å². The average molecular weight is 514 g/mol. The molecule has 1 aliphatic carbocycles. The molecule has 3 aliphatic rings. The van der Waals surface area contributed by atoms with E-state index in [0.717, 1.165) is 15.6 Å². The largest absolute Gasteiger partial charge is 0.364 e. The molecular weight excluding hydrogens is 502 g/mol. The number of halogens is 2. The normalized spacial score (nSPS) is 30.9. The molecule has 0 aromatic heterocycles. The van der Waals surface area contributed by atoms with Crippen molar-refractivity contribution in [3.05, 3.63) is 65.8 Å². The zero-order valence-electron chi connectivity index (χ0n) is 11.6. The molecule has 2 bridgehead atoms. The number of hydrogen-bond acceptors (Lipinski definition) is 2. The lowest BCUT2D eigenvalue weighted by atomic mass is 9.66. The second-order valence-electron chi connectivity index (χ2n) is 6.28. The molecule has 4 heteroatoms. The van der Waals surface area contributed by atoms with Crippen molar-refractivity contribution in [3.63, 3.8) is 0 Å². The van der Waals surface area contributed by atoms with Crippen LogP contribution in [0.3, 0.4) is 0 Å².